The quantitative estimate of drug-likeness (QED) is 0.489. The number of carbonyl (C=O) groups is 1. The standard InChI is InChI=1S/C25H35N5O2/c1-26-25(27-13-12-20-8-7-11-22(18-20)24(31)29(2)3)28-19-23(21-9-5-4-6-10-21)30-14-16-32-17-15-30/h4-11,18,23H,12-17,19H2,1-3H3,(H2,26,27,28). The fourth-order valence-electron chi connectivity index (χ4n) is 3.88. The first-order valence-corrected chi connectivity index (χ1v) is 11.2. The molecule has 1 fully saturated rings. The van der Waals surface area contributed by atoms with Crippen LogP contribution < -0.4 is 10.6 Å². The van der Waals surface area contributed by atoms with Crippen molar-refractivity contribution in [2.24, 2.45) is 4.99 Å². The lowest BCUT2D eigenvalue weighted by atomic mass is 10.0. The summed E-state index contributed by atoms with van der Waals surface area (Å²) in [4.78, 5) is 20.6. The van der Waals surface area contributed by atoms with Crippen LogP contribution in [0.5, 0.6) is 0 Å². The van der Waals surface area contributed by atoms with E-state index < -0.39 is 0 Å². The van der Waals surface area contributed by atoms with Gasteiger partial charge in [0.25, 0.3) is 5.91 Å². The summed E-state index contributed by atoms with van der Waals surface area (Å²) in [5.74, 6) is 0.798. The summed E-state index contributed by atoms with van der Waals surface area (Å²) >= 11 is 0. The van der Waals surface area contributed by atoms with Crippen LogP contribution in [0, 0.1) is 0 Å². The molecule has 2 aromatic carbocycles. The van der Waals surface area contributed by atoms with Crippen molar-refractivity contribution in [2.45, 2.75) is 12.5 Å². The second-order valence-corrected chi connectivity index (χ2v) is 8.10. The third kappa shape index (κ3) is 6.80. The average molecular weight is 438 g/mol. The van der Waals surface area contributed by atoms with Crippen molar-refractivity contribution in [2.75, 3.05) is 60.5 Å². The number of aliphatic imine (C=N–C) groups is 1. The van der Waals surface area contributed by atoms with Gasteiger partial charge in [0, 0.05) is 52.9 Å². The number of morpholine rings is 1. The van der Waals surface area contributed by atoms with Crippen LogP contribution >= 0.6 is 0 Å². The number of nitrogens with zero attached hydrogens (tertiary/aromatic N) is 3. The fraction of sp³-hybridized carbons (Fsp3) is 0.440. The Labute approximate surface area is 191 Å². The van der Waals surface area contributed by atoms with Crippen LogP contribution in [-0.2, 0) is 11.2 Å². The van der Waals surface area contributed by atoms with Crippen LogP contribution in [0.3, 0.4) is 0 Å². The van der Waals surface area contributed by atoms with E-state index in [1.165, 1.54) is 5.56 Å². The minimum Gasteiger partial charge on any atom is -0.379 e. The van der Waals surface area contributed by atoms with Gasteiger partial charge in [0.2, 0.25) is 0 Å². The van der Waals surface area contributed by atoms with Crippen molar-refractivity contribution in [1.29, 1.82) is 0 Å². The third-order valence-corrected chi connectivity index (χ3v) is 5.64. The largest absolute Gasteiger partial charge is 0.379 e. The zero-order valence-electron chi connectivity index (χ0n) is 19.4. The lowest BCUT2D eigenvalue weighted by Crippen LogP contribution is -2.46. The molecule has 1 aliphatic rings. The van der Waals surface area contributed by atoms with Gasteiger partial charge in [0.1, 0.15) is 0 Å². The maximum absolute atomic E-state index is 12.2. The normalized spacial score (nSPS) is 15.8. The molecule has 3 rings (SSSR count). The smallest absolute Gasteiger partial charge is 0.253 e. The Hall–Kier alpha value is -2.90. The van der Waals surface area contributed by atoms with Gasteiger partial charge < -0.3 is 20.3 Å². The first-order chi connectivity index (χ1) is 15.6. The van der Waals surface area contributed by atoms with Crippen molar-refractivity contribution in [3.05, 3.63) is 71.3 Å². The highest BCUT2D eigenvalue weighted by Crippen LogP contribution is 2.21. The minimum absolute atomic E-state index is 0.0207. The molecule has 172 valence electrons. The number of amides is 1. The summed E-state index contributed by atoms with van der Waals surface area (Å²) < 4.78 is 5.54. The minimum atomic E-state index is 0.0207. The van der Waals surface area contributed by atoms with Crippen molar-refractivity contribution in [3.63, 3.8) is 0 Å². The number of benzene rings is 2. The van der Waals surface area contributed by atoms with E-state index in [9.17, 15) is 4.79 Å². The number of rotatable bonds is 8. The van der Waals surface area contributed by atoms with Crippen molar-refractivity contribution in [3.8, 4) is 0 Å². The van der Waals surface area contributed by atoms with Gasteiger partial charge in [0.05, 0.1) is 19.3 Å². The lowest BCUT2D eigenvalue weighted by molar-refractivity contribution is 0.0170. The van der Waals surface area contributed by atoms with Gasteiger partial charge in [-0.25, -0.2) is 0 Å². The van der Waals surface area contributed by atoms with Crippen LogP contribution in [0.2, 0.25) is 0 Å². The van der Waals surface area contributed by atoms with Crippen LogP contribution in [0.25, 0.3) is 0 Å². The zero-order chi connectivity index (χ0) is 22.8. The number of hydrogen-bond donors (Lipinski definition) is 2. The van der Waals surface area contributed by atoms with Crippen molar-refractivity contribution < 1.29 is 9.53 Å². The molecule has 1 unspecified atom stereocenters. The molecule has 0 saturated carbocycles. The van der Waals surface area contributed by atoms with Gasteiger partial charge in [-0.2, -0.15) is 0 Å². The van der Waals surface area contributed by atoms with E-state index in [0.717, 1.165) is 57.3 Å². The predicted molar refractivity (Wildman–Crippen MR) is 129 cm³/mol. The van der Waals surface area contributed by atoms with E-state index in [4.69, 9.17) is 4.74 Å². The summed E-state index contributed by atoms with van der Waals surface area (Å²) in [6.07, 6.45) is 0.806. The SMILES string of the molecule is CN=C(NCCc1cccc(C(=O)N(C)C)c1)NCC(c1ccccc1)N1CCOCC1. The number of hydrogen-bond acceptors (Lipinski definition) is 4. The number of carbonyl (C=O) groups excluding carboxylic acids is 1. The molecule has 0 aliphatic carbocycles. The summed E-state index contributed by atoms with van der Waals surface area (Å²) in [6, 6.07) is 18.6. The summed E-state index contributed by atoms with van der Waals surface area (Å²) in [5.41, 5.74) is 3.13. The van der Waals surface area contributed by atoms with Crippen LogP contribution in [-0.4, -0.2) is 82.2 Å². The second kappa shape index (κ2) is 12.2. The number of guanidine groups is 1. The van der Waals surface area contributed by atoms with Crippen molar-refractivity contribution in [1.82, 2.24) is 20.4 Å². The molecule has 1 aliphatic heterocycles. The van der Waals surface area contributed by atoms with E-state index in [-0.39, 0.29) is 11.9 Å². The number of nitrogens with one attached hydrogen (secondary N) is 2. The van der Waals surface area contributed by atoms with Gasteiger partial charge >= 0.3 is 0 Å². The monoisotopic (exact) mass is 437 g/mol. The average Bonchev–Trinajstić information content (AvgIpc) is 2.84. The van der Waals surface area contributed by atoms with Gasteiger partial charge in [-0.05, 0) is 29.7 Å². The first kappa shape index (κ1) is 23.8. The molecular weight excluding hydrogens is 402 g/mol. The van der Waals surface area contributed by atoms with Gasteiger partial charge in [-0.3, -0.25) is 14.7 Å². The van der Waals surface area contributed by atoms with Gasteiger partial charge in [0.15, 0.2) is 5.96 Å². The zero-order valence-corrected chi connectivity index (χ0v) is 19.4. The van der Waals surface area contributed by atoms with E-state index >= 15 is 0 Å². The molecule has 0 spiro atoms. The Kier molecular flexibility index (Phi) is 9.07. The van der Waals surface area contributed by atoms with E-state index in [1.54, 1.807) is 26.0 Å². The maximum Gasteiger partial charge on any atom is 0.253 e. The molecule has 32 heavy (non-hydrogen) atoms. The Morgan fingerprint density at radius 2 is 1.84 bits per heavy atom. The maximum atomic E-state index is 12.2. The second-order valence-electron chi connectivity index (χ2n) is 8.10. The molecule has 1 atom stereocenters. The Bertz CT molecular complexity index is 879. The van der Waals surface area contributed by atoms with E-state index in [2.05, 4.69) is 50.9 Å². The Balaban J connectivity index is 1.54. The highest BCUT2D eigenvalue weighted by molar-refractivity contribution is 5.94. The molecule has 0 radical (unpaired) electrons. The molecule has 0 bridgehead atoms. The molecule has 7 heteroatoms. The molecule has 0 aromatic heterocycles. The van der Waals surface area contributed by atoms with Crippen LogP contribution in [0.15, 0.2) is 59.6 Å². The van der Waals surface area contributed by atoms with Gasteiger partial charge in [-0.15, -0.1) is 0 Å². The highest BCUT2D eigenvalue weighted by Gasteiger charge is 2.22. The van der Waals surface area contributed by atoms with Crippen LogP contribution in [0.4, 0.5) is 0 Å². The highest BCUT2D eigenvalue weighted by atomic mass is 16.5. The molecule has 1 amide bonds. The molecule has 1 saturated heterocycles. The molecule has 7 nitrogen and oxygen atoms in total. The molecule has 1 heterocycles. The van der Waals surface area contributed by atoms with Crippen LogP contribution in [0.1, 0.15) is 27.5 Å². The first-order valence-electron chi connectivity index (χ1n) is 11.2. The molecule has 2 aromatic rings. The third-order valence-electron chi connectivity index (χ3n) is 5.64. The lowest BCUT2D eigenvalue weighted by Gasteiger charge is -2.35. The molecule has 2 N–H and O–H groups in total. The Morgan fingerprint density at radius 3 is 2.53 bits per heavy atom. The van der Waals surface area contributed by atoms with E-state index in [1.807, 2.05) is 24.3 Å². The summed E-state index contributed by atoms with van der Waals surface area (Å²) in [5, 5.41) is 6.89. The topological polar surface area (TPSA) is 69.2 Å². The van der Waals surface area contributed by atoms with E-state index in [0.29, 0.717) is 5.56 Å². The fourth-order valence-corrected chi connectivity index (χ4v) is 3.88. The van der Waals surface area contributed by atoms with Crippen molar-refractivity contribution >= 4 is 11.9 Å². The predicted octanol–water partition coefficient (Wildman–Crippen LogP) is 2.17. The van der Waals surface area contributed by atoms with Gasteiger partial charge in [-0.1, -0.05) is 42.5 Å². The molecular formula is C25H35N5O2. The summed E-state index contributed by atoms with van der Waals surface area (Å²) in [7, 11) is 5.33. The summed E-state index contributed by atoms with van der Waals surface area (Å²) in [6.45, 7) is 4.88. The number of ether oxygens (including phenoxy) is 1. The Morgan fingerprint density at radius 1 is 1.09 bits per heavy atom.